The summed E-state index contributed by atoms with van der Waals surface area (Å²) in [6.45, 7) is 4.97. The zero-order chi connectivity index (χ0) is 10.6. The van der Waals surface area contributed by atoms with Crippen molar-refractivity contribution in [3.05, 3.63) is 17.5 Å². The third kappa shape index (κ3) is 2.34. The predicted molar refractivity (Wildman–Crippen MR) is 59.0 cm³/mol. The van der Waals surface area contributed by atoms with Gasteiger partial charge in [0.2, 0.25) is 0 Å². The molecule has 0 saturated heterocycles. The Morgan fingerprint density at radius 3 is 2.57 bits per heavy atom. The maximum atomic E-state index is 12.0. The third-order valence-corrected chi connectivity index (χ3v) is 5.26. The molecule has 1 aromatic rings. The molecule has 0 unspecified atom stereocenters. The van der Waals surface area contributed by atoms with E-state index in [2.05, 4.69) is 0 Å². The standard InChI is InChI=1S/C9H15NO2S2/c1-3-7-10(4-2)14(11,12)9-6-5-8-13-9/h5-6,8H,3-4,7H2,1-2H3. The van der Waals surface area contributed by atoms with Gasteiger partial charge < -0.3 is 0 Å². The third-order valence-electron chi connectivity index (χ3n) is 1.91. The molecule has 1 aromatic heterocycles. The van der Waals surface area contributed by atoms with Gasteiger partial charge in [0, 0.05) is 13.1 Å². The second-order valence-corrected chi connectivity index (χ2v) is 6.04. The van der Waals surface area contributed by atoms with Gasteiger partial charge in [-0.3, -0.25) is 0 Å². The van der Waals surface area contributed by atoms with E-state index in [1.54, 1.807) is 17.5 Å². The molecule has 0 fully saturated rings. The summed E-state index contributed by atoms with van der Waals surface area (Å²) in [4.78, 5) is 0. The van der Waals surface area contributed by atoms with Crippen LogP contribution in [0.15, 0.2) is 21.7 Å². The van der Waals surface area contributed by atoms with E-state index in [0.29, 0.717) is 17.3 Å². The minimum atomic E-state index is -3.22. The molecule has 3 nitrogen and oxygen atoms in total. The van der Waals surface area contributed by atoms with Crippen LogP contribution < -0.4 is 0 Å². The van der Waals surface area contributed by atoms with Crippen molar-refractivity contribution in [2.24, 2.45) is 0 Å². The molecule has 0 saturated carbocycles. The van der Waals surface area contributed by atoms with Crippen molar-refractivity contribution < 1.29 is 8.42 Å². The van der Waals surface area contributed by atoms with Crippen molar-refractivity contribution in [1.82, 2.24) is 4.31 Å². The van der Waals surface area contributed by atoms with Crippen molar-refractivity contribution >= 4 is 21.4 Å². The first-order valence-corrected chi connectivity index (χ1v) is 6.98. The fraction of sp³-hybridized carbons (Fsp3) is 0.556. The van der Waals surface area contributed by atoms with Crippen LogP contribution in [0.5, 0.6) is 0 Å². The van der Waals surface area contributed by atoms with E-state index in [-0.39, 0.29) is 0 Å². The number of sulfonamides is 1. The molecule has 1 heterocycles. The van der Waals surface area contributed by atoms with Gasteiger partial charge in [0.1, 0.15) is 4.21 Å². The lowest BCUT2D eigenvalue weighted by Crippen LogP contribution is -2.31. The summed E-state index contributed by atoms with van der Waals surface area (Å²) in [7, 11) is -3.22. The molecule has 5 heteroatoms. The summed E-state index contributed by atoms with van der Waals surface area (Å²) in [5.74, 6) is 0. The van der Waals surface area contributed by atoms with Crippen molar-refractivity contribution in [2.45, 2.75) is 24.5 Å². The molecule has 0 aliphatic carbocycles. The first-order valence-electron chi connectivity index (χ1n) is 4.66. The fourth-order valence-electron chi connectivity index (χ4n) is 1.24. The van der Waals surface area contributed by atoms with Crippen molar-refractivity contribution in [3.8, 4) is 0 Å². The molecule has 14 heavy (non-hydrogen) atoms. The molecule has 1 rings (SSSR count). The number of hydrogen-bond donors (Lipinski definition) is 0. The minimum Gasteiger partial charge on any atom is -0.206 e. The highest BCUT2D eigenvalue weighted by molar-refractivity contribution is 7.91. The SMILES string of the molecule is CCCN(CC)S(=O)(=O)c1cccs1. The summed E-state index contributed by atoms with van der Waals surface area (Å²) in [6, 6.07) is 3.41. The zero-order valence-electron chi connectivity index (χ0n) is 8.43. The average molecular weight is 233 g/mol. The van der Waals surface area contributed by atoms with Crippen LogP contribution in [-0.4, -0.2) is 25.8 Å². The van der Waals surface area contributed by atoms with Crippen LogP contribution in [0, 0.1) is 0 Å². The highest BCUT2D eigenvalue weighted by Gasteiger charge is 2.22. The first-order chi connectivity index (χ1) is 6.62. The maximum absolute atomic E-state index is 12.0. The highest BCUT2D eigenvalue weighted by Crippen LogP contribution is 2.20. The van der Waals surface area contributed by atoms with Gasteiger partial charge in [-0.25, -0.2) is 8.42 Å². The Labute approximate surface area is 89.4 Å². The van der Waals surface area contributed by atoms with Gasteiger partial charge in [0.15, 0.2) is 0 Å². The lowest BCUT2D eigenvalue weighted by molar-refractivity contribution is 0.428. The van der Waals surface area contributed by atoms with E-state index in [1.807, 2.05) is 13.8 Å². The van der Waals surface area contributed by atoms with Gasteiger partial charge in [-0.05, 0) is 17.9 Å². The lowest BCUT2D eigenvalue weighted by Gasteiger charge is -2.18. The van der Waals surface area contributed by atoms with Crippen molar-refractivity contribution in [2.75, 3.05) is 13.1 Å². The zero-order valence-corrected chi connectivity index (χ0v) is 10.1. The maximum Gasteiger partial charge on any atom is 0.252 e. The molecule has 0 N–H and O–H groups in total. The topological polar surface area (TPSA) is 37.4 Å². The summed E-state index contributed by atoms with van der Waals surface area (Å²) in [5, 5.41) is 1.78. The van der Waals surface area contributed by atoms with Crippen molar-refractivity contribution in [1.29, 1.82) is 0 Å². The van der Waals surface area contributed by atoms with Crippen LogP contribution in [0.25, 0.3) is 0 Å². The molecule has 0 aromatic carbocycles. The lowest BCUT2D eigenvalue weighted by atomic mass is 10.5. The molecule has 0 amide bonds. The number of nitrogens with zero attached hydrogens (tertiary/aromatic N) is 1. The Morgan fingerprint density at radius 1 is 1.43 bits per heavy atom. The molecular weight excluding hydrogens is 218 g/mol. The predicted octanol–water partition coefficient (Wildman–Crippen LogP) is 2.17. The molecule has 0 bridgehead atoms. The van der Waals surface area contributed by atoms with Gasteiger partial charge in [-0.1, -0.05) is 19.9 Å². The highest BCUT2D eigenvalue weighted by atomic mass is 32.2. The molecule has 80 valence electrons. The first kappa shape index (κ1) is 11.7. The van der Waals surface area contributed by atoms with E-state index in [0.717, 1.165) is 6.42 Å². The Hall–Kier alpha value is -0.390. The van der Waals surface area contributed by atoms with E-state index >= 15 is 0 Å². The summed E-state index contributed by atoms with van der Waals surface area (Å²) in [6.07, 6.45) is 0.846. The second kappa shape index (κ2) is 4.91. The van der Waals surface area contributed by atoms with Crippen LogP contribution in [0.3, 0.4) is 0 Å². The van der Waals surface area contributed by atoms with E-state index in [1.165, 1.54) is 15.6 Å². The fourth-order valence-corrected chi connectivity index (χ4v) is 3.92. The van der Waals surface area contributed by atoms with E-state index < -0.39 is 10.0 Å². The summed E-state index contributed by atoms with van der Waals surface area (Å²) >= 11 is 1.27. The Balaban J connectivity index is 2.94. The molecule has 0 atom stereocenters. The summed E-state index contributed by atoms with van der Waals surface area (Å²) in [5.41, 5.74) is 0. The largest absolute Gasteiger partial charge is 0.252 e. The van der Waals surface area contributed by atoms with Gasteiger partial charge >= 0.3 is 0 Å². The van der Waals surface area contributed by atoms with Crippen molar-refractivity contribution in [3.63, 3.8) is 0 Å². The van der Waals surface area contributed by atoms with Gasteiger partial charge in [0.05, 0.1) is 0 Å². The molecule has 0 aliphatic heterocycles. The summed E-state index contributed by atoms with van der Waals surface area (Å²) < 4.78 is 25.9. The van der Waals surface area contributed by atoms with Crippen LogP contribution in [0.4, 0.5) is 0 Å². The van der Waals surface area contributed by atoms with Crippen LogP contribution in [0.1, 0.15) is 20.3 Å². The monoisotopic (exact) mass is 233 g/mol. The Morgan fingerprint density at radius 2 is 2.14 bits per heavy atom. The minimum absolute atomic E-state index is 0.438. The van der Waals surface area contributed by atoms with Gasteiger partial charge in [-0.2, -0.15) is 4.31 Å². The van der Waals surface area contributed by atoms with Crippen LogP contribution in [-0.2, 0) is 10.0 Å². The van der Waals surface area contributed by atoms with E-state index in [4.69, 9.17) is 0 Å². The van der Waals surface area contributed by atoms with Gasteiger partial charge in [0.25, 0.3) is 10.0 Å². The number of hydrogen-bond acceptors (Lipinski definition) is 3. The smallest absolute Gasteiger partial charge is 0.206 e. The molecule has 0 radical (unpaired) electrons. The Bertz CT molecular complexity index is 356. The average Bonchev–Trinajstić information content (AvgIpc) is 2.66. The number of thiophene rings is 1. The number of rotatable bonds is 5. The normalized spacial score (nSPS) is 12.2. The molecule has 0 spiro atoms. The molecule has 0 aliphatic rings. The van der Waals surface area contributed by atoms with Crippen LogP contribution >= 0.6 is 11.3 Å². The van der Waals surface area contributed by atoms with Crippen LogP contribution in [0.2, 0.25) is 0 Å². The second-order valence-electron chi connectivity index (χ2n) is 2.93. The molecular formula is C9H15NO2S2. The van der Waals surface area contributed by atoms with Gasteiger partial charge in [-0.15, -0.1) is 11.3 Å². The quantitative estimate of drug-likeness (QED) is 0.781. The van der Waals surface area contributed by atoms with E-state index in [9.17, 15) is 8.42 Å². The Kier molecular flexibility index (Phi) is 4.10.